The molecule has 0 aliphatic heterocycles. The Morgan fingerprint density at radius 2 is 0.700 bits per heavy atom. The zero-order chi connectivity index (χ0) is 15.6. The molecule has 0 fully saturated rings. The van der Waals surface area contributed by atoms with E-state index in [1.807, 2.05) is 0 Å². The van der Waals surface area contributed by atoms with E-state index >= 15 is 0 Å². The van der Waals surface area contributed by atoms with E-state index in [0.717, 1.165) is 43.4 Å². The van der Waals surface area contributed by atoms with E-state index in [2.05, 4.69) is 27.7 Å². The summed E-state index contributed by atoms with van der Waals surface area (Å²) in [4.78, 5) is 0. The van der Waals surface area contributed by atoms with Gasteiger partial charge in [0.05, 0.1) is 0 Å². The zero-order valence-electron chi connectivity index (χ0n) is 14.2. The Morgan fingerprint density at radius 3 is 0.850 bits per heavy atom. The minimum atomic E-state index is -2.24. The van der Waals surface area contributed by atoms with Gasteiger partial charge in [-0.1, -0.05) is 0 Å². The van der Waals surface area contributed by atoms with E-state index in [-0.39, 0.29) is 0 Å². The van der Waals surface area contributed by atoms with Crippen molar-refractivity contribution in [3.63, 3.8) is 0 Å². The molecule has 0 aliphatic carbocycles. The summed E-state index contributed by atoms with van der Waals surface area (Å²) >= 11 is -4.48. The summed E-state index contributed by atoms with van der Waals surface area (Å²) in [6, 6.07) is 0. The second-order valence-electron chi connectivity index (χ2n) is 5.45. The molecule has 0 saturated carbocycles. The molecule has 0 N–H and O–H groups in total. The Morgan fingerprint density at radius 1 is 0.500 bits per heavy atom. The van der Waals surface area contributed by atoms with Crippen LogP contribution in [-0.2, 0) is 0 Å². The number of rotatable bonds is 12. The van der Waals surface area contributed by atoms with Gasteiger partial charge in [-0.05, 0) is 0 Å². The van der Waals surface area contributed by atoms with Crippen molar-refractivity contribution in [1.82, 2.24) is 0 Å². The van der Waals surface area contributed by atoms with Crippen LogP contribution >= 0.6 is 0 Å². The zero-order valence-corrected chi connectivity index (χ0v) is 19.9. The normalized spacial score (nSPS) is 10.8. The van der Waals surface area contributed by atoms with Crippen molar-refractivity contribution in [3.8, 4) is 0 Å². The molecule has 0 aliphatic rings. The van der Waals surface area contributed by atoms with Gasteiger partial charge in [0.25, 0.3) is 0 Å². The number of unbranched alkanes of at least 4 members (excludes halogenated alkanes) is 4. The molecular formula is C16H36F2Sn2. The van der Waals surface area contributed by atoms with Gasteiger partial charge in [-0.3, -0.25) is 0 Å². The van der Waals surface area contributed by atoms with Gasteiger partial charge in [-0.2, -0.15) is 0 Å². The predicted molar refractivity (Wildman–Crippen MR) is 92.6 cm³/mol. The molecule has 0 spiro atoms. The molecule has 0 rings (SSSR count). The Labute approximate surface area is 142 Å². The Balaban J connectivity index is 0. The van der Waals surface area contributed by atoms with Crippen LogP contribution in [0, 0.1) is 0 Å². The molecule has 0 saturated heterocycles. The molecule has 2 radical (unpaired) electrons. The first kappa shape index (κ1) is 23.7. The predicted octanol–water partition coefficient (Wildman–Crippen LogP) is 7.10. The van der Waals surface area contributed by atoms with E-state index in [4.69, 9.17) is 0 Å². The monoisotopic (exact) mass is 506 g/mol. The summed E-state index contributed by atoms with van der Waals surface area (Å²) in [7, 11) is 0. The Hall–Kier alpha value is 1.46. The van der Waals surface area contributed by atoms with Gasteiger partial charge in [-0.25, -0.2) is 0 Å². The molecule has 0 heterocycles. The Bertz CT molecular complexity index is 135. The van der Waals surface area contributed by atoms with Crippen LogP contribution in [0.15, 0.2) is 0 Å². The summed E-state index contributed by atoms with van der Waals surface area (Å²) in [5.74, 6) is 0. The van der Waals surface area contributed by atoms with Crippen molar-refractivity contribution in [2.75, 3.05) is 0 Å². The van der Waals surface area contributed by atoms with Gasteiger partial charge >= 0.3 is 143 Å². The molecule has 0 atom stereocenters. The summed E-state index contributed by atoms with van der Waals surface area (Å²) in [6.45, 7) is 8.54. The molecule has 0 aromatic heterocycles. The second-order valence-corrected chi connectivity index (χ2v) is 17.1. The summed E-state index contributed by atoms with van der Waals surface area (Å²) in [5.41, 5.74) is 0. The first-order valence-corrected chi connectivity index (χ1v) is 18.9. The Kier molecular flexibility index (Phi) is 24.3. The first-order valence-electron chi connectivity index (χ1n) is 8.62. The molecule has 4 heteroatoms. The van der Waals surface area contributed by atoms with Crippen LogP contribution in [-0.4, -0.2) is 40.7 Å². The SMILES string of the molecule is CCC[CH2][Sn]([F])[CH2]CCC.CCC[CH2][Sn]([F])[CH2]CCC. The minimum absolute atomic E-state index is 0.971. The van der Waals surface area contributed by atoms with Crippen LogP contribution in [0.25, 0.3) is 0 Å². The van der Waals surface area contributed by atoms with Gasteiger partial charge < -0.3 is 0 Å². The fraction of sp³-hybridized carbons (Fsp3) is 1.00. The molecule has 0 unspecified atom stereocenters. The van der Waals surface area contributed by atoms with Crippen molar-refractivity contribution in [1.29, 1.82) is 0 Å². The summed E-state index contributed by atoms with van der Waals surface area (Å²) in [5, 5.41) is 0. The van der Waals surface area contributed by atoms with Crippen LogP contribution in [0.2, 0.25) is 17.7 Å². The second kappa shape index (κ2) is 20.5. The van der Waals surface area contributed by atoms with Gasteiger partial charge in [0.2, 0.25) is 0 Å². The van der Waals surface area contributed by atoms with Crippen molar-refractivity contribution >= 4 is 40.7 Å². The average Bonchev–Trinajstić information content (AvgIpc) is 2.47. The molecule has 0 nitrogen and oxygen atoms in total. The van der Waals surface area contributed by atoms with Gasteiger partial charge in [-0.15, -0.1) is 0 Å². The van der Waals surface area contributed by atoms with E-state index < -0.39 is 40.7 Å². The molecule has 20 heavy (non-hydrogen) atoms. The van der Waals surface area contributed by atoms with Crippen molar-refractivity contribution < 1.29 is 5.73 Å². The molecule has 0 bridgehead atoms. The topological polar surface area (TPSA) is 0 Å². The van der Waals surface area contributed by atoms with E-state index in [0.29, 0.717) is 0 Å². The number of hydrogen-bond donors (Lipinski definition) is 0. The van der Waals surface area contributed by atoms with Gasteiger partial charge in [0, 0.05) is 0 Å². The number of hydrogen-bond acceptors (Lipinski definition) is 0. The molecule has 0 amide bonds. The van der Waals surface area contributed by atoms with Crippen LogP contribution < -0.4 is 0 Å². The quantitative estimate of drug-likeness (QED) is 0.249. The molecular weight excluding hydrogens is 468 g/mol. The molecule has 122 valence electrons. The van der Waals surface area contributed by atoms with Gasteiger partial charge in [0.15, 0.2) is 0 Å². The van der Waals surface area contributed by atoms with E-state index in [9.17, 15) is 5.73 Å². The van der Waals surface area contributed by atoms with Crippen LogP contribution in [0.4, 0.5) is 5.73 Å². The van der Waals surface area contributed by atoms with E-state index in [1.165, 1.54) is 25.7 Å². The number of halogens is 2. The first-order chi connectivity index (χ1) is 9.62. The molecule has 0 aromatic carbocycles. The summed E-state index contributed by atoms with van der Waals surface area (Å²) in [6.07, 6.45) is 9.20. The van der Waals surface area contributed by atoms with Gasteiger partial charge in [0.1, 0.15) is 0 Å². The van der Waals surface area contributed by atoms with E-state index in [1.54, 1.807) is 0 Å². The fourth-order valence-corrected chi connectivity index (χ4v) is 11.6. The van der Waals surface area contributed by atoms with Crippen LogP contribution in [0.5, 0.6) is 0 Å². The van der Waals surface area contributed by atoms with Crippen molar-refractivity contribution in [2.45, 2.75) is 96.8 Å². The van der Waals surface area contributed by atoms with Crippen LogP contribution in [0.1, 0.15) is 79.1 Å². The maximum absolute atomic E-state index is 13.0. The molecule has 0 aromatic rings. The third-order valence-corrected chi connectivity index (χ3v) is 13.4. The van der Waals surface area contributed by atoms with Crippen molar-refractivity contribution in [3.05, 3.63) is 0 Å². The van der Waals surface area contributed by atoms with Crippen molar-refractivity contribution in [2.24, 2.45) is 0 Å². The third-order valence-electron chi connectivity index (χ3n) is 3.21. The maximum atomic E-state index is 13.0. The fourth-order valence-electron chi connectivity index (χ4n) is 1.72. The standard InChI is InChI=1S/4C4H9.2FH.2Sn/c4*1-3-4-2;;;;/h4*1,3-4H2,2H3;2*1H;;/q;;;;;;2*+1/p-2. The third kappa shape index (κ3) is 21.8. The average molecular weight is 504 g/mol. The van der Waals surface area contributed by atoms with Crippen LogP contribution in [0.3, 0.4) is 0 Å². The summed E-state index contributed by atoms with van der Waals surface area (Å²) < 4.78 is 29.8.